The number of rotatable bonds is 7. The van der Waals surface area contributed by atoms with Crippen LogP contribution in [0.5, 0.6) is 0 Å². The second-order valence-corrected chi connectivity index (χ2v) is 5.55. The molecule has 2 amide bonds. The summed E-state index contributed by atoms with van der Waals surface area (Å²) in [6.45, 7) is 3.99. The summed E-state index contributed by atoms with van der Waals surface area (Å²) in [5.41, 5.74) is 1.05. The van der Waals surface area contributed by atoms with Gasteiger partial charge in [0.2, 0.25) is 0 Å². The Balaban J connectivity index is 1.66. The molecule has 1 fully saturated rings. The van der Waals surface area contributed by atoms with Crippen LogP contribution in [0.2, 0.25) is 0 Å². The van der Waals surface area contributed by atoms with Gasteiger partial charge in [-0.3, -0.25) is 0 Å². The molecule has 1 saturated heterocycles. The van der Waals surface area contributed by atoms with Crippen LogP contribution >= 0.6 is 0 Å². The summed E-state index contributed by atoms with van der Waals surface area (Å²) < 4.78 is 10.9. The maximum atomic E-state index is 11.8. The van der Waals surface area contributed by atoms with Gasteiger partial charge in [0.15, 0.2) is 0 Å². The van der Waals surface area contributed by atoms with E-state index < -0.39 is 5.97 Å². The molecule has 126 valence electrons. The van der Waals surface area contributed by atoms with Crippen LogP contribution in [0.4, 0.5) is 4.79 Å². The molecule has 1 aromatic rings. The number of ether oxygens (including phenoxy) is 2. The second kappa shape index (κ2) is 8.50. The molecule has 1 aliphatic rings. The van der Waals surface area contributed by atoms with Gasteiger partial charge in [0.1, 0.15) is 0 Å². The first-order valence-electron chi connectivity index (χ1n) is 7.60. The van der Waals surface area contributed by atoms with Crippen molar-refractivity contribution in [2.45, 2.75) is 32.0 Å². The summed E-state index contributed by atoms with van der Waals surface area (Å²) in [5.74, 6) is -0.969. The Hall–Kier alpha value is -2.12. The minimum Gasteiger partial charge on any atom is -0.478 e. The molecule has 1 aromatic carbocycles. The lowest BCUT2D eigenvalue weighted by molar-refractivity contribution is 0.0338. The van der Waals surface area contributed by atoms with Gasteiger partial charge in [0, 0.05) is 13.2 Å². The van der Waals surface area contributed by atoms with Crippen molar-refractivity contribution in [1.82, 2.24) is 10.6 Å². The van der Waals surface area contributed by atoms with Gasteiger partial charge in [-0.15, -0.1) is 0 Å². The third-order valence-corrected chi connectivity index (χ3v) is 3.50. The first-order valence-corrected chi connectivity index (χ1v) is 7.60. The molecule has 0 radical (unpaired) electrons. The highest BCUT2D eigenvalue weighted by Gasteiger charge is 2.17. The number of benzene rings is 1. The third kappa shape index (κ3) is 5.88. The van der Waals surface area contributed by atoms with Gasteiger partial charge in [-0.1, -0.05) is 12.1 Å². The Morgan fingerprint density at radius 1 is 1.39 bits per heavy atom. The monoisotopic (exact) mass is 322 g/mol. The molecular weight excluding hydrogens is 300 g/mol. The Kier molecular flexibility index (Phi) is 6.37. The first kappa shape index (κ1) is 17.2. The first-order chi connectivity index (χ1) is 11.0. The van der Waals surface area contributed by atoms with Crippen LogP contribution in [0.1, 0.15) is 29.3 Å². The fourth-order valence-electron chi connectivity index (χ4n) is 2.19. The highest BCUT2D eigenvalue weighted by atomic mass is 16.5. The van der Waals surface area contributed by atoms with Gasteiger partial charge < -0.3 is 25.2 Å². The van der Waals surface area contributed by atoms with Crippen LogP contribution in [0.25, 0.3) is 0 Å². The van der Waals surface area contributed by atoms with Crippen LogP contribution in [-0.2, 0) is 16.0 Å². The third-order valence-electron chi connectivity index (χ3n) is 3.50. The summed E-state index contributed by atoms with van der Waals surface area (Å²) >= 11 is 0. The van der Waals surface area contributed by atoms with Gasteiger partial charge in [-0.2, -0.15) is 0 Å². The minimum atomic E-state index is -0.969. The summed E-state index contributed by atoms with van der Waals surface area (Å²) in [6, 6.07) is 5.98. The predicted octanol–water partition coefficient (Wildman–Crippen LogP) is 1.38. The average Bonchev–Trinajstić information content (AvgIpc) is 3.05. The van der Waals surface area contributed by atoms with E-state index in [4.69, 9.17) is 14.6 Å². The van der Waals surface area contributed by atoms with E-state index in [-0.39, 0.29) is 23.7 Å². The Morgan fingerprint density at radius 2 is 2.13 bits per heavy atom. The van der Waals surface area contributed by atoms with E-state index in [9.17, 15) is 9.59 Å². The van der Waals surface area contributed by atoms with Crippen LogP contribution in [0, 0.1) is 0 Å². The number of carboxylic acid groups (broad SMARTS) is 1. The normalized spacial score (nSPS) is 18.4. The zero-order chi connectivity index (χ0) is 16.7. The van der Waals surface area contributed by atoms with Crippen molar-refractivity contribution in [1.29, 1.82) is 0 Å². The van der Waals surface area contributed by atoms with Crippen molar-refractivity contribution in [3.05, 3.63) is 35.4 Å². The number of hydrogen-bond donors (Lipinski definition) is 3. The number of hydrogen-bond acceptors (Lipinski definition) is 4. The molecule has 0 aromatic heterocycles. The highest BCUT2D eigenvalue weighted by molar-refractivity contribution is 5.87. The van der Waals surface area contributed by atoms with E-state index in [1.807, 2.05) is 6.92 Å². The molecule has 23 heavy (non-hydrogen) atoms. The minimum absolute atomic E-state index is 0.106. The zero-order valence-corrected chi connectivity index (χ0v) is 13.1. The zero-order valence-electron chi connectivity index (χ0n) is 13.1. The number of carbonyl (C=O) groups excluding carboxylic acids is 1. The molecule has 2 atom stereocenters. The van der Waals surface area contributed by atoms with E-state index in [1.165, 1.54) is 12.1 Å². The van der Waals surface area contributed by atoms with Crippen LogP contribution in [0.15, 0.2) is 24.3 Å². The van der Waals surface area contributed by atoms with Crippen molar-refractivity contribution >= 4 is 12.0 Å². The van der Waals surface area contributed by atoms with Gasteiger partial charge in [0.25, 0.3) is 0 Å². The molecule has 7 nitrogen and oxygen atoms in total. The van der Waals surface area contributed by atoms with Gasteiger partial charge in [0.05, 0.1) is 30.9 Å². The number of amides is 2. The van der Waals surface area contributed by atoms with E-state index in [0.29, 0.717) is 19.8 Å². The van der Waals surface area contributed by atoms with Gasteiger partial charge >= 0.3 is 12.0 Å². The van der Waals surface area contributed by atoms with Gasteiger partial charge in [-0.05, 0) is 31.0 Å². The molecule has 0 saturated carbocycles. The summed E-state index contributed by atoms with van der Waals surface area (Å²) in [5, 5.41) is 14.3. The summed E-state index contributed by atoms with van der Waals surface area (Å²) in [6.07, 6.45) is 1.01. The van der Waals surface area contributed by atoms with Crippen LogP contribution < -0.4 is 10.6 Å². The Bertz CT molecular complexity index is 526. The molecule has 3 N–H and O–H groups in total. The van der Waals surface area contributed by atoms with Crippen LogP contribution in [-0.4, -0.2) is 49.1 Å². The SMILES string of the molecule is CC(COC1CCOC1)NC(=O)NCc1ccc(C(=O)O)cc1. The molecule has 7 heteroatoms. The van der Waals surface area contributed by atoms with E-state index >= 15 is 0 Å². The molecule has 1 aliphatic heterocycles. The number of aromatic carboxylic acids is 1. The molecule has 2 rings (SSSR count). The number of carbonyl (C=O) groups is 2. The lowest BCUT2D eigenvalue weighted by atomic mass is 10.1. The topological polar surface area (TPSA) is 96.9 Å². The van der Waals surface area contributed by atoms with Gasteiger partial charge in [-0.25, -0.2) is 9.59 Å². The standard InChI is InChI=1S/C16H22N2O5/c1-11(9-23-14-6-7-22-10-14)18-16(21)17-8-12-2-4-13(5-3-12)15(19)20/h2-5,11,14H,6-10H2,1H3,(H,19,20)(H2,17,18,21). The van der Waals surface area contributed by atoms with E-state index in [2.05, 4.69) is 10.6 Å². The van der Waals surface area contributed by atoms with E-state index in [0.717, 1.165) is 18.6 Å². The predicted molar refractivity (Wildman–Crippen MR) is 83.4 cm³/mol. The lowest BCUT2D eigenvalue weighted by Crippen LogP contribution is -2.43. The Morgan fingerprint density at radius 3 is 2.74 bits per heavy atom. The van der Waals surface area contributed by atoms with E-state index in [1.54, 1.807) is 12.1 Å². The fraction of sp³-hybridized carbons (Fsp3) is 0.500. The van der Waals surface area contributed by atoms with Crippen molar-refractivity contribution in [2.24, 2.45) is 0 Å². The highest BCUT2D eigenvalue weighted by Crippen LogP contribution is 2.08. The molecule has 0 bridgehead atoms. The summed E-state index contributed by atoms with van der Waals surface area (Å²) in [7, 11) is 0. The second-order valence-electron chi connectivity index (χ2n) is 5.55. The van der Waals surface area contributed by atoms with Crippen molar-refractivity contribution in [2.75, 3.05) is 19.8 Å². The fourth-order valence-corrected chi connectivity index (χ4v) is 2.19. The molecule has 1 heterocycles. The molecular formula is C16H22N2O5. The molecule has 0 spiro atoms. The van der Waals surface area contributed by atoms with Crippen LogP contribution in [0.3, 0.4) is 0 Å². The Labute approximate surface area is 135 Å². The quantitative estimate of drug-likeness (QED) is 0.704. The largest absolute Gasteiger partial charge is 0.478 e. The molecule has 0 aliphatic carbocycles. The summed E-state index contributed by atoms with van der Waals surface area (Å²) in [4.78, 5) is 22.6. The maximum absolute atomic E-state index is 11.8. The van der Waals surface area contributed by atoms with Crippen molar-refractivity contribution < 1.29 is 24.2 Å². The maximum Gasteiger partial charge on any atom is 0.335 e. The lowest BCUT2D eigenvalue weighted by Gasteiger charge is -2.17. The number of urea groups is 1. The molecule has 2 unspecified atom stereocenters. The smallest absolute Gasteiger partial charge is 0.335 e. The van der Waals surface area contributed by atoms with Crippen molar-refractivity contribution in [3.8, 4) is 0 Å². The average molecular weight is 322 g/mol. The number of carboxylic acids is 1. The van der Waals surface area contributed by atoms with Crippen molar-refractivity contribution in [3.63, 3.8) is 0 Å². The number of nitrogens with one attached hydrogen (secondary N) is 2.